The Bertz CT molecular complexity index is 1020. The van der Waals surface area contributed by atoms with Crippen LogP contribution in [0.5, 0.6) is 17.2 Å². The molecule has 0 radical (unpaired) electrons. The van der Waals surface area contributed by atoms with E-state index >= 15 is 0 Å². The smallest absolute Gasteiger partial charge is 0.132 e. The molecule has 0 fully saturated rings. The second-order valence-corrected chi connectivity index (χ2v) is 7.87. The third-order valence-corrected chi connectivity index (χ3v) is 5.35. The van der Waals surface area contributed by atoms with Crippen LogP contribution < -0.4 is 14.2 Å². The normalized spacial score (nSPS) is 13.9. The number of methoxy groups -OCH3 is 1. The maximum absolute atomic E-state index is 6.37. The highest BCUT2D eigenvalue weighted by Crippen LogP contribution is 2.48. The molecule has 144 valence electrons. The molecule has 3 heteroatoms. The van der Waals surface area contributed by atoms with Gasteiger partial charge in [0.15, 0.2) is 0 Å². The molecule has 28 heavy (non-hydrogen) atoms. The third-order valence-electron chi connectivity index (χ3n) is 5.35. The van der Waals surface area contributed by atoms with Gasteiger partial charge >= 0.3 is 0 Å². The first-order valence-electron chi connectivity index (χ1n) is 9.59. The highest BCUT2D eigenvalue weighted by molar-refractivity contribution is 5.79. The predicted octanol–water partition coefficient (Wildman–Crippen LogP) is 6.19. The summed E-state index contributed by atoms with van der Waals surface area (Å²) in [5.74, 6) is 2.60. The fraction of sp³-hybridized carbons (Fsp3) is 0.280. The molecule has 0 aromatic heterocycles. The first kappa shape index (κ1) is 18.4. The molecule has 0 unspecified atom stereocenters. The quantitative estimate of drug-likeness (QED) is 0.545. The van der Waals surface area contributed by atoms with Crippen molar-refractivity contribution in [1.29, 1.82) is 0 Å². The van der Waals surface area contributed by atoms with Crippen LogP contribution in [-0.4, -0.2) is 7.11 Å². The predicted molar refractivity (Wildman–Crippen MR) is 112 cm³/mol. The van der Waals surface area contributed by atoms with Crippen LogP contribution in [0, 0.1) is 13.8 Å². The van der Waals surface area contributed by atoms with Crippen LogP contribution in [0.15, 0.2) is 54.6 Å². The van der Waals surface area contributed by atoms with Gasteiger partial charge in [0.05, 0.1) is 7.11 Å². The number of benzene rings is 3. The molecule has 1 aliphatic rings. The van der Waals surface area contributed by atoms with E-state index < -0.39 is 5.60 Å². The summed E-state index contributed by atoms with van der Waals surface area (Å²) in [7, 11) is 1.69. The van der Waals surface area contributed by atoms with Crippen molar-refractivity contribution in [3.63, 3.8) is 0 Å². The molecule has 3 nitrogen and oxygen atoms in total. The molecule has 0 amide bonds. The van der Waals surface area contributed by atoms with Crippen molar-refractivity contribution >= 4 is 0 Å². The summed E-state index contributed by atoms with van der Waals surface area (Å²) in [6.07, 6.45) is 0. The van der Waals surface area contributed by atoms with Gasteiger partial charge in [0.2, 0.25) is 0 Å². The fourth-order valence-electron chi connectivity index (χ4n) is 3.81. The minimum absolute atomic E-state index is 0.457. The maximum atomic E-state index is 6.37. The molecule has 1 heterocycles. The van der Waals surface area contributed by atoms with Crippen molar-refractivity contribution in [1.82, 2.24) is 0 Å². The van der Waals surface area contributed by atoms with Gasteiger partial charge in [-0.25, -0.2) is 0 Å². The number of hydrogen-bond donors (Lipinski definition) is 0. The van der Waals surface area contributed by atoms with Gasteiger partial charge in [-0.05, 0) is 68.1 Å². The minimum Gasteiger partial charge on any atom is -0.496 e. The largest absolute Gasteiger partial charge is 0.496 e. The Balaban J connectivity index is 1.76. The molecule has 0 bridgehead atoms. The van der Waals surface area contributed by atoms with E-state index in [1.54, 1.807) is 7.11 Å². The average molecular weight is 374 g/mol. The second-order valence-electron chi connectivity index (χ2n) is 7.87. The molecule has 3 aromatic rings. The van der Waals surface area contributed by atoms with Gasteiger partial charge < -0.3 is 14.2 Å². The van der Waals surface area contributed by atoms with E-state index in [2.05, 4.69) is 58.0 Å². The lowest BCUT2D eigenvalue weighted by Gasteiger charge is -2.36. The van der Waals surface area contributed by atoms with E-state index in [0.717, 1.165) is 45.1 Å². The zero-order valence-electron chi connectivity index (χ0n) is 17.1. The van der Waals surface area contributed by atoms with E-state index in [0.29, 0.717) is 6.61 Å². The summed E-state index contributed by atoms with van der Waals surface area (Å²) in [5.41, 5.74) is 6.35. The third kappa shape index (κ3) is 3.22. The van der Waals surface area contributed by atoms with Crippen LogP contribution in [0.1, 0.15) is 36.1 Å². The summed E-state index contributed by atoms with van der Waals surface area (Å²) in [5, 5.41) is 0. The van der Waals surface area contributed by atoms with Crippen molar-refractivity contribution in [2.24, 2.45) is 0 Å². The fourth-order valence-corrected chi connectivity index (χ4v) is 3.81. The zero-order chi connectivity index (χ0) is 19.9. The lowest BCUT2D eigenvalue weighted by Crippen LogP contribution is -2.29. The van der Waals surface area contributed by atoms with Crippen molar-refractivity contribution in [3.05, 3.63) is 76.9 Å². The number of ether oxygens (including phenoxy) is 3. The number of aryl methyl sites for hydroxylation is 2. The molecule has 0 saturated heterocycles. The standard InChI is InChI=1S/C25H26O3/c1-16-12-20-19-11-17(2)23(27-15-18-9-7-6-8-10-18)13-21(19)25(3,4)28-24(20)14-22(16)26-5/h6-14H,15H2,1-5H3. The Morgan fingerprint density at radius 2 is 1.54 bits per heavy atom. The van der Waals surface area contributed by atoms with Gasteiger partial charge in [0.25, 0.3) is 0 Å². The lowest BCUT2D eigenvalue weighted by molar-refractivity contribution is 0.105. The molecular formula is C25H26O3. The monoisotopic (exact) mass is 374 g/mol. The Labute approximate surface area is 166 Å². The maximum Gasteiger partial charge on any atom is 0.132 e. The Kier molecular flexibility index (Phi) is 4.54. The average Bonchev–Trinajstić information content (AvgIpc) is 2.67. The van der Waals surface area contributed by atoms with Crippen LogP contribution in [0.4, 0.5) is 0 Å². The van der Waals surface area contributed by atoms with Crippen LogP contribution >= 0.6 is 0 Å². The molecule has 0 spiro atoms. The molecule has 3 aromatic carbocycles. The Morgan fingerprint density at radius 3 is 2.25 bits per heavy atom. The highest BCUT2D eigenvalue weighted by Gasteiger charge is 2.34. The topological polar surface area (TPSA) is 27.7 Å². The summed E-state index contributed by atoms with van der Waals surface area (Å²) in [6, 6.07) is 18.7. The SMILES string of the molecule is COc1cc2c(cc1C)-c1cc(C)c(OCc3ccccc3)cc1C(C)(C)O2. The number of rotatable bonds is 4. The molecule has 0 N–H and O–H groups in total. The van der Waals surface area contributed by atoms with E-state index in [9.17, 15) is 0 Å². The van der Waals surface area contributed by atoms with Gasteiger partial charge in [-0.3, -0.25) is 0 Å². The first-order chi connectivity index (χ1) is 13.4. The van der Waals surface area contributed by atoms with Gasteiger partial charge in [-0.2, -0.15) is 0 Å². The van der Waals surface area contributed by atoms with Crippen molar-refractivity contribution in [3.8, 4) is 28.4 Å². The van der Waals surface area contributed by atoms with Crippen LogP contribution in [0.3, 0.4) is 0 Å². The molecule has 0 atom stereocenters. The van der Waals surface area contributed by atoms with Crippen molar-refractivity contribution < 1.29 is 14.2 Å². The first-order valence-corrected chi connectivity index (χ1v) is 9.59. The van der Waals surface area contributed by atoms with Crippen molar-refractivity contribution in [2.75, 3.05) is 7.11 Å². The second kappa shape index (κ2) is 6.90. The Hall–Kier alpha value is -2.94. The number of fused-ring (bicyclic) bond motifs is 3. The van der Waals surface area contributed by atoms with Crippen molar-refractivity contribution in [2.45, 2.75) is 39.9 Å². The Morgan fingerprint density at radius 1 is 0.857 bits per heavy atom. The van der Waals surface area contributed by atoms with E-state index in [-0.39, 0.29) is 0 Å². The summed E-state index contributed by atoms with van der Waals surface area (Å²) >= 11 is 0. The van der Waals surface area contributed by atoms with Crippen LogP contribution in [0.2, 0.25) is 0 Å². The summed E-state index contributed by atoms with van der Waals surface area (Å²) in [4.78, 5) is 0. The van der Waals surface area contributed by atoms with E-state index in [1.807, 2.05) is 24.3 Å². The van der Waals surface area contributed by atoms with E-state index in [4.69, 9.17) is 14.2 Å². The van der Waals surface area contributed by atoms with Gasteiger partial charge in [0.1, 0.15) is 29.5 Å². The zero-order valence-corrected chi connectivity index (χ0v) is 17.1. The highest BCUT2D eigenvalue weighted by atomic mass is 16.5. The van der Waals surface area contributed by atoms with Gasteiger partial charge in [-0.1, -0.05) is 30.3 Å². The number of hydrogen-bond acceptors (Lipinski definition) is 3. The van der Waals surface area contributed by atoms with Crippen LogP contribution in [0.25, 0.3) is 11.1 Å². The summed E-state index contributed by atoms with van der Waals surface area (Å²) < 4.78 is 18.0. The van der Waals surface area contributed by atoms with E-state index in [1.165, 1.54) is 5.56 Å². The van der Waals surface area contributed by atoms with Crippen LogP contribution in [-0.2, 0) is 12.2 Å². The molecular weight excluding hydrogens is 348 g/mol. The molecule has 1 aliphatic heterocycles. The summed E-state index contributed by atoms with van der Waals surface area (Å²) in [6.45, 7) is 8.89. The van der Waals surface area contributed by atoms with Gasteiger partial charge in [0, 0.05) is 17.2 Å². The molecule has 4 rings (SSSR count). The van der Waals surface area contributed by atoms with Gasteiger partial charge in [-0.15, -0.1) is 0 Å². The lowest BCUT2D eigenvalue weighted by atomic mass is 9.84. The molecule has 0 aliphatic carbocycles. The molecule has 0 saturated carbocycles. The minimum atomic E-state index is -0.457.